The molecule has 17 heavy (non-hydrogen) atoms. The zero-order valence-corrected chi connectivity index (χ0v) is 9.50. The summed E-state index contributed by atoms with van der Waals surface area (Å²) in [6.45, 7) is -0.294. The first-order valence-corrected chi connectivity index (χ1v) is 5.93. The van der Waals surface area contributed by atoms with Gasteiger partial charge in [0.25, 0.3) is 5.56 Å². The van der Waals surface area contributed by atoms with Crippen molar-refractivity contribution in [2.45, 2.75) is 22.8 Å². The third kappa shape index (κ3) is 2.16. The molecule has 1 fully saturated rings. The van der Waals surface area contributed by atoms with E-state index in [0.717, 1.165) is 22.4 Å². The van der Waals surface area contributed by atoms with E-state index in [9.17, 15) is 19.8 Å². The first-order valence-electron chi connectivity index (χ1n) is 4.98. The number of aliphatic hydroxyl groups excluding tert-OH is 3. The van der Waals surface area contributed by atoms with Crippen LogP contribution in [0.15, 0.2) is 21.9 Å². The van der Waals surface area contributed by atoms with Crippen molar-refractivity contribution in [3.05, 3.63) is 33.1 Å². The molecule has 4 atom stereocenters. The highest BCUT2D eigenvalue weighted by atomic mass is 32.2. The summed E-state index contributed by atoms with van der Waals surface area (Å²) < 4.78 is 1.13. The molecule has 1 aromatic heterocycles. The number of H-pyrrole nitrogens is 1. The van der Waals surface area contributed by atoms with Gasteiger partial charge in [-0.1, -0.05) is 0 Å². The molecule has 7 nitrogen and oxygen atoms in total. The average molecular weight is 260 g/mol. The summed E-state index contributed by atoms with van der Waals surface area (Å²) in [4.78, 5) is 24.5. The molecule has 0 spiro atoms. The van der Waals surface area contributed by atoms with Crippen molar-refractivity contribution in [3.63, 3.8) is 0 Å². The molecule has 0 radical (unpaired) electrons. The lowest BCUT2D eigenvalue weighted by Gasteiger charge is -2.17. The summed E-state index contributed by atoms with van der Waals surface area (Å²) in [5.41, 5.74) is -1.18. The highest BCUT2D eigenvalue weighted by molar-refractivity contribution is 8.00. The van der Waals surface area contributed by atoms with Gasteiger partial charge in [-0.2, -0.15) is 0 Å². The lowest BCUT2D eigenvalue weighted by atomic mass is 10.1. The molecule has 0 aromatic carbocycles. The van der Waals surface area contributed by atoms with Gasteiger partial charge in [0.15, 0.2) is 0 Å². The van der Waals surface area contributed by atoms with Gasteiger partial charge in [-0.25, -0.2) is 4.79 Å². The van der Waals surface area contributed by atoms with Crippen LogP contribution in [0.1, 0.15) is 5.37 Å². The quantitative estimate of drug-likeness (QED) is 0.482. The zero-order chi connectivity index (χ0) is 12.6. The smallest absolute Gasteiger partial charge is 0.329 e. The maximum Gasteiger partial charge on any atom is 0.329 e. The zero-order valence-electron chi connectivity index (χ0n) is 8.68. The van der Waals surface area contributed by atoms with Crippen LogP contribution in [0.2, 0.25) is 0 Å². The summed E-state index contributed by atoms with van der Waals surface area (Å²) in [6.07, 6.45) is -1.01. The minimum atomic E-state index is -1.17. The fourth-order valence-corrected chi connectivity index (χ4v) is 3.12. The lowest BCUT2D eigenvalue weighted by molar-refractivity contribution is 0.0101. The highest BCUT2D eigenvalue weighted by Gasteiger charge is 2.43. The Bertz CT molecular complexity index is 513. The molecule has 1 aliphatic rings. The van der Waals surface area contributed by atoms with Crippen LogP contribution in [0.4, 0.5) is 0 Å². The number of hydrogen-bond donors (Lipinski definition) is 4. The van der Waals surface area contributed by atoms with Crippen molar-refractivity contribution >= 4 is 11.8 Å². The van der Waals surface area contributed by atoms with E-state index in [0.29, 0.717) is 0 Å². The molecular formula is C9H12N2O5S. The van der Waals surface area contributed by atoms with E-state index >= 15 is 0 Å². The first kappa shape index (κ1) is 12.4. The molecular weight excluding hydrogens is 248 g/mol. The Morgan fingerprint density at radius 2 is 2.06 bits per heavy atom. The second-order valence-electron chi connectivity index (χ2n) is 3.75. The Morgan fingerprint density at radius 1 is 1.35 bits per heavy atom. The molecule has 0 aliphatic carbocycles. The van der Waals surface area contributed by atoms with Gasteiger partial charge in [0.2, 0.25) is 0 Å². The minimum Gasteiger partial charge on any atom is -0.395 e. The molecule has 4 N–H and O–H groups in total. The van der Waals surface area contributed by atoms with Crippen molar-refractivity contribution < 1.29 is 15.3 Å². The van der Waals surface area contributed by atoms with Crippen molar-refractivity contribution in [2.24, 2.45) is 0 Å². The molecule has 1 aromatic rings. The van der Waals surface area contributed by atoms with Crippen molar-refractivity contribution in [3.8, 4) is 0 Å². The van der Waals surface area contributed by atoms with Gasteiger partial charge in [-0.15, -0.1) is 11.8 Å². The standard InChI is InChI=1S/C9H12N2O5S/c12-3-4-6(14)7(15)8(17-4)11-2-1-5(13)10-9(11)16/h1-2,4,6-8,12,14-15H,3H2,(H,10,13,16)/t4-,6-,7+,8?/m0/s1. The summed E-state index contributed by atoms with van der Waals surface area (Å²) in [7, 11) is 0. The fraction of sp³-hybridized carbons (Fsp3) is 0.556. The molecule has 2 rings (SSSR count). The number of aromatic amines is 1. The largest absolute Gasteiger partial charge is 0.395 e. The summed E-state index contributed by atoms with van der Waals surface area (Å²) in [6, 6.07) is 1.16. The fourth-order valence-electron chi connectivity index (χ4n) is 1.74. The maximum absolute atomic E-state index is 11.5. The minimum absolute atomic E-state index is 0.294. The first-order chi connectivity index (χ1) is 8.04. The number of nitrogens with zero attached hydrogens (tertiary/aromatic N) is 1. The van der Waals surface area contributed by atoms with E-state index in [-0.39, 0.29) is 6.61 Å². The van der Waals surface area contributed by atoms with Crippen LogP contribution in [-0.2, 0) is 0 Å². The predicted octanol–water partition coefficient (Wildman–Crippen LogP) is -2.14. The average Bonchev–Trinajstić information content (AvgIpc) is 2.57. The summed E-state index contributed by atoms with van der Waals surface area (Å²) in [5.74, 6) is 0. The number of thioether (sulfide) groups is 1. The van der Waals surface area contributed by atoms with E-state index in [2.05, 4.69) is 4.98 Å². The van der Waals surface area contributed by atoms with Crippen LogP contribution >= 0.6 is 11.8 Å². The van der Waals surface area contributed by atoms with E-state index < -0.39 is 34.1 Å². The van der Waals surface area contributed by atoms with Gasteiger partial charge < -0.3 is 15.3 Å². The van der Waals surface area contributed by atoms with E-state index in [1.807, 2.05) is 0 Å². The van der Waals surface area contributed by atoms with Crippen LogP contribution < -0.4 is 11.2 Å². The monoisotopic (exact) mass is 260 g/mol. The van der Waals surface area contributed by atoms with Crippen LogP contribution in [0.3, 0.4) is 0 Å². The number of nitrogens with one attached hydrogen (secondary N) is 1. The lowest BCUT2D eigenvalue weighted by Crippen LogP contribution is -2.37. The van der Waals surface area contributed by atoms with Gasteiger partial charge in [0.1, 0.15) is 11.5 Å². The Labute approximate surface area is 99.7 Å². The van der Waals surface area contributed by atoms with E-state index in [4.69, 9.17) is 5.11 Å². The molecule has 1 unspecified atom stereocenters. The highest BCUT2D eigenvalue weighted by Crippen LogP contribution is 2.40. The SMILES string of the molecule is O=c1ccn(C2S[C@@H](CO)[C@H](O)[C@H]2O)c(=O)[nH]1. The summed E-state index contributed by atoms with van der Waals surface area (Å²) in [5, 5.41) is 27.1. The van der Waals surface area contributed by atoms with Crippen LogP contribution in [0.25, 0.3) is 0 Å². The Balaban J connectivity index is 2.35. The van der Waals surface area contributed by atoms with Gasteiger partial charge in [-0.05, 0) is 0 Å². The molecule has 0 bridgehead atoms. The topological polar surface area (TPSA) is 116 Å². The predicted molar refractivity (Wildman–Crippen MR) is 60.8 cm³/mol. The number of rotatable bonds is 2. The van der Waals surface area contributed by atoms with E-state index in [1.54, 1.807) is 0 Å². The van der Waals surface area contributed by atoms with Crippen molar-refractivity contribution in [1.29, 1.82) is 0 Å². The summed E-state index contributed by atoms with van der Waals surface area (Å²) >= 11 is 1.09. The van der Waals surface area contributed by atoms with Gasteiger partial charge >= 0.3 is 5.69 Å². The van der Waals surface area contributed by atoms with E-state index in [1.165, 1.54) is 6.20 Å². The van der Waals surface area contributed by atoms with Crippen LogP contribution in [-0.4, -0.2) is 48.9 Å². The molecule has 1 saturated heterocycles. The number of hydrogen-bond acceptors (Lipinski definition) is 6. The molecule has 94 valence electrons. The molecule has 8 heteroatoms. The second-order valence-corrected chi connectivity index (χ2v) is 5.11. The normalized spacial score (nSPS) is 32.9. The Kier molecular flexibility index (Phi) is 3.38. The molecule has 1 aliphatic heterocycles. The Hall–Kier alpha value is -1.09. The third-order valence-electron chi connectivity index (χ3n) is 2.64. The molecule has 2 heterocycles. The number of aliphatic hydroxyl groups is 3. The second kappa shape index (κ2) is 4.65. The van der Waals surface area contributed by atoms with Crippen LogP contribution in [0.5, 0.6) is 0 Å². The molecule has 0 amide bonds. The third-order valence-corrected chi connectivity index (χ3v) is 4.20. The van der Waals surface area contributed by atoms with Crippen molar-refractivity contribution in [1.82, 2.24) is 9.55 Å². The Morgan fingerprint density at radius 3 is 2.59 bits per heavy atom. The van der Waals surface area contributed by atoms with Gasteiger partial charge in [0, 0.05) is 12.3 Å². The molecule has 0 saturated carbocycles. The van der Waals surface area contributed by atoms with Gasteiger partial charge in [0.05, 0.1) is 18.0 Å². The maximum atomic E-state index is 11.5. The number of aromatic nitrogens is 2. The van der Waals surface area contributed by atoms with Gasteiger partial charge in [-0.3, -0.25) is 14.3 Å². The van der Waals surface area contributed by atoms with Crippen LogP contribution in [0, 0.1) is 0 Å². The van der Waals surface area contributed by atoms with Crippen molar-refractivity contribution in [2.75, 3.05) is 6.61 Å².